The lowest BCUT2D eigenvalue weighted by Gasteiger charge is -2.36. The van der Waals surface area contributed by atoms with Gasteiger partial charge in [-0.3, -0.25) is 4.98 Å². The van der Waals surface area contributed by atoms with Crippen LogP contribution in [0.1, 0.15) is 26.2 Å². The van der Waals surface area contributed by atoms with Crippen LogP contribution in [0.5, 0.6) is 0 Å². The lowest BCUT2D eigenvalue weighted by atomic mass is 10.0. The van der Waals surface area contributed by atoms with Gasteiger partial charge < -0.3 is 15.4 Å². The molecule has 2 heterocycles. The molecule has 1 atom stereocenters. The number of nitrogen functional groups attached to an aromatic ring is 1. The maximum atomic E-state index is 12.0. The first kappa shape index (κ1) is 12.7. The molecule has 0 aromatic carbocycles. The Morgan fingerprint density at radius 1 is 1.61 bits per heavy atom. The molecule has 1 fully saturated rings. The summed E-state index contributed by atoms with van der Waals surface area (Å²) in [7, 11) is 0. The summed E-state index contributed by atoms with van der Waals surface area (Å²) >= 11 is 0. The molecule has 2 N–H and O–H groups in total. The predicted octanol–water partition coefficient (Wildman–Crippen LogP) is 1.59. The molecule has 2 rings (SSSR count). The first-order valence-corrected chi connectivity index (χ1v) is 6.36. The summed E-state index contributed by atoms with van der Waals surface area (Å²) in [6, 6.07) is 1.63. The molecule has 18 heavy (non-hydrogen) atoms. The van der Waals surface area contributed by atoms with Crippen LogP contribution in [0.4, 0.5) is 11.4 Å². The fourth-order valence-corrected chi connectivity index (χ4v) is 2.36. The standard InChI is InChI=1S/C13H19N3O2/c1-2-18-13(17)12-5-3-4-8-16(12)11-6-7-15-9-10(11)14/h6-7,9,12H,2-5,8,14H2,1H3. The highest BCUT2D eigenvalue weighted by Crippen LogP contribution is 2.29. The molecule has 1 saturated heterocycles. The van der Waals surface area contributed by atoms with Gasteiger partial charge in [-0.25, -0.2) is 4.79 Å². The van der Waals surface area contributed by atoms with Crippen LogP contribution < -0.4 is 10.6 Å². The van der Waals surface area contributed by atoms with Gasteiger partial charge in [0.1, 0.15) is 6.04 Å². The van der Waals surface area contributed by atoms with E-state index in [4.69, 9.17) is 10.5 Å². The number of carbonyl (C=O) groups excluding carboxylic acids is 1. The van der Waals surface area contributed by atoms with Crippen LogP contribution in [-0.2, 0) is 9.53 Å². The largest absolute Gasteiger partial charge is 0.464 e. The van der Waals surface area contributed by atoms with Gasteiger partial charge in [0.15, 0.2) is 0 Å². The zero-order valence-electron chi connectivity index (χ0n) is 10.6. The topological polar surface area (TPSA) is 68.5 Å². The summed E-state index contributed by atoms with van der Waals surface area (Å²) in [6.07, 6.45) is 6.25. The Morgan fingerprint density at radius 3 is 3.17 bits per heavy atom. The van der Waals surface area contributed by atoms with Crippen molar-refractivity contribution in [2.24, 2.45) is 0 Å². The minimum absolute atomic E-state index is 0.159. The first-order valence-electron chi connectivity index (χ1n) is 6.36. The number of esters is 1. The van der Waals surface area contributed by atoms with E-state index in [0.717, 1.165) is 31.5 Å². The molecule has 1 aliphatic heterocycles. The molecule has 98 valence electrons. The second-order valence-corrected chi connectivity index (χ2v) is 4.39. The number of nitrogens with two attached hydrogens (primary N) is 1. The van der Waals surface area contributed by atoms with E-state index in [0.29, 0.717) is 12.3 Å². The summed E-state index contributed by atoms with van der Waals surface area (Å²) < 4.78 is 5.14. The number of carbonyl (C=O) groups is 1. The second-order valence-electron chi connectivity index (χ2n) is 4.39. The van der Waals surface area contributed by atoms with Crippen molar-refractivity contribution in [3.8, 4) is 0 Å². The molecule has 1 aromatic heterocycles. The average Bonchev–Trinajstić information content (AvgIpc) is 2.40. The van der Waals surface area contributed by atoms with Gasteiger partial charge >= 0.3 is 5.97 Å². The highest BCUT2D eigenvalue weighted by molar-refractivity contribution is 5.82. The van der Waals surface area contributed by atoms with E-state index in [1.54, 1.807) is 12.4 Å². The summed E-state index contributed by atoms with van der Waals surface area (Å²) in [5.41, 5.74) is 7.41. The van der Waals surface area contributed by atoms with Crippen LogP contribution in [0, 0.1) is 0 Å². The number of anilines is 2. The van der Waals surface area contributed by atoms with Crippen molar-refractivity contribution in [1.29, 1.82) is 0 Å². The zero-order chi connectivity index (χ0) is 13.0. The highest BCUT2D eigenvalue weighted by Gasteiger charge is 2.30. The van der Waals surface area contributed by atoms with Crippen LogP contribution in [-0.4, -0.2) is 30.1 Å². The van der Waals surface area contributed by atoms with Crippen molar-refractivity contribution in [2.45, 2.75) is 32.2 Å². The molecular weight excluding hydrogens is 230 g/mol. The van der Waals surface area contributed by atoms with Gasteiger partial charge in [-0.1, -0.05) is 0 Å². The van der Waals surface area contributed by atoms with Crippen LogP contribution >= 0.6 is 0 Å². The monoisotopic (exact) mass is 249 g/mol. The Hall–Kier alpha value is -1.78. The van der Waals surface area contributed by atoms with Crippen molar-refractivity contribution < 1.29 is 9.53 Å². The molecule has 1 unspecified atom stereocenters. The van der Waals surface area contributed by atoms with Gasteiger partial charge in [-0.15, -0.1) is 0 Å². The molecule has 0 radical (unpaired) electrons. The number of ether oxygens (including phenoxy) is 1. The fourth-order valence-electron chi connectivity index (χ4n) is 2.36. The van der Waals surface area contributed by atoms with Crippen molar-refractivity contribution in [3.63, 3.8) is 0 Å². The summed E-state index contributed by atoms with van der Waals surface area (Å²) in [5, 5.41) is 0. The third-order valence-corrected chi connectivity index (χ3v) is 3.20. The fraction of sp³-hybridized carbons (Fsp3) is 0.538. The molecule has 0 amide bonds. The van der Waals surface area contributed by atoms with E-state index in [1.165, 1.54) is 0 Å². The Morgan fingerprint density at radius 2 is 2.44 bits per heavy atom. The molecule has 0 spiro atoms. The van der Waals surface area contributed by atoms with Crippen molar-refractivity contribution in [2.75, 3.05) is 23.8 Å². The minimum atomic E-state index is -0.219. The number of aromatic nitrogens is 1. The SMILES string of the molecule is CCOC(=O)C1CCCCN1c1ccncc1N. The van der Waals surface area contributed by atoms with Gasteiger partial charge in [-0.05, 0) is 32.3 Å². The number of rotatable bonds is 3. The number of pyridine rings is 1. The molecule has 0 saturated carbocycles. The van der Waals surface area contributed by atoms with Gasteiger partial charge in [0, 0.05) is 12.7 Å². The molecule has 1 aliphatic rings. The summed E-state index contributed by atoms with van der Waals surface area (Å²) in [5.74, 6) is -0.159. The van der Waals surface area contributed by atoms with Crippen LogP contribution in [0.25, 0.3) is 0 Å². The number of piperidine rings is 1. The number of hydrogen-bond acceptors (Lipinski definition) is 5. The molecule has 5 heteroatoms. The molecule has 0 aliphatic carbocycles. The Labute approximate surface area is 107 Å². The number of hydrogen-bond donors (Lipinski definition) is 1. The quantitative estimate of drug-likeness (QED) is 0.824. The Bertz CT molecular complexity index is 422. The predicted molar refractivity (Wildman–Crippen MR) is 70.3 cm³/mol. The zero-order valence-corrected chi connectivity index (χ0v) is 10.6. The number of nitrogens with zero attached hydrogens (tertiary/aromatic N) is 2. The van der Waals surface area contributed by atoms with Crippen LogP contribution in [0.3, 0.4) is 0 Å². The van der Waals surface area contributed by atoms with Gasteiger partial charge in [-0.2, -0.15) is 0 Å². The Kier molecular flexibility index (Phi) is 4.02. The lowest BCUT2D eigenvalue weighted by Crippen LogP contribution is -2.46. The van der Waals surface area contributed by atoms with Crippen LogP contribution in [0.15, 0.2) is 18.5 Å². The average molecular weight is 249 g/mol. The normalized spacial score (nSPS) is 19.6. The van der Waals surface area contributed by atoms with E-state index < -0.39 is 0 Å². The van der Waals surface area contributed by atoms with E-state index in [9.17, 15) is 4.79 Å². The molecule has 0 bridgehead atoms. The van der Waals surface area contributed by atoms with Gasteiger partial charge in [0.2, 0.25) is 0 Å². The third kappa shape index (κ3) is 2.55. The second kappa shape index (κ2) is 5.71. The van der Waals surface area contributed by atoms with Crippen LogP contribution in [0.2, 0.25) is 0 Å². The molecular formula is C13H19N3O2. The maximum absolute atomic E-state index is 12.0. The maximum Gasteiger partial charge on any atom is 0.328 e. The van der Waals surface area contributed by atoms with Crippen molar-refractivity contribution in [1.82, 2.24) is 4.98 Å². The van der Waals surface area contributed by atoms with E-state index in [2.05, 4.69) is 4.98 Å². The van der Waals surface area contributed by atoms with E-state index >= 15 is 0 Å². The van der Waals surface area contributed by atoms with Gasteiger partial charge in [0.05, 0.1) is 24.2 Å². The summed E-state index contributed by atoms with van der Waals surface area (Å²) in [6.45, 7) is 3.07. The van der Waals surface area contributed by atoms with Crippen molar-refractivity contribution >= 4 is 17.3 Å². The summed E-state index contributed by atoms with van der Waals surface area (Å²) in [4.78, 5) is 18.0. The third-order valence-electron chi connectivity index (χ3n) is 3.20. The van der Waals surface area contributed by atoms with Crippen molar-refractivity contribution in [3.05, 3.63) is 18.5 Å². The Balaban J connectivity index is 2.23. The smallest absolute Gasteiger partial charge is 0.328 e. The molecule has 5 nitrogen and oxygen atoms in total. The van der Waals surface area contributed by atoms with Gasteiger partial charge in [0.25, 0.3) is 0 Å². The van der Waals surface area contributed by atoms with E-state index in [1.807, 2.05) is 17.9 Å². The minimum Gasteiger partial charge on any atom is -0.464 e. The highest BCUT2D eigenvalue weighted by atomic mass is 16.5. The lowest BCUT2D eigenvalue weighted by molar-refractivity contribution is -0.145. The first-order chi connectivity index (χ1) is 8.74. The van der Waals surface area contributed by atoms with E-state index in [-0.39, 0.29) is 12.0 Å². The molecule has 1 aromatic rings.